The molecule has 0 fully saturated rings. The molecule has 0 saturated heterocycles. The molecule has 5 aromatic carbocycles. The Morgan fingerprint density at radius 3 is 1.83 bits per heavy atom. The van der Waals surface area contributed by atoms with Crippen LogP contribution in [-0.2, 0) is 0 Å². The van der Waals surface area contributed by atoms with E-state index in [4.69, 9.17) is 4.98 Å². The molecule has 35 heavy (non-hydrogen) atoms. The molecule has 0 saturated carbocycles. The van der Waals surface area contributed by atoms with Crippen LogP contribution in [0.15, 0.2) is 121 Å². The van der Waals surface area contributed by atoms with Gasteiger partial charge in [0.2, 0.25) is 5.78 Å². The first-order valence-electron chi connectivity index (χ1n) is 11.6. The maximum absolute atomic E-state index is 5.09. The van der Waals surface area contributed by atoms with E-state index in [2.05, 4.69) is 153 Å². The van der Waals surface area contributed by atoms with Gasteiger partial charge in [-0.05, 0) is 93.4 Å². The summed E-state index contributed by atoms with van der Waals surface area (Å²) in [6.07, 6.45) is 0. The van der Waals surface area contributed by atoms with Crippen molar-refractivity contribution in [2.75, 3.05) is 0 Å². The van der Waals surface area contributed by atoms with E-state index in [1.165, 1.54) is 25.8 Å². The number of hydrogen-bond acceptors (Lipinski definition) is 1. The Balaban J connectivity index is 1.60. The fourth-order valence-electron chi connectivity index (χ4n) is 4.96. The van der Waals surface area contributed by atoms with Crippen LogP contribution in [0.25, 0.3) is 55.8 Å². The summed E-state index contributed by atoms with van der Waals surface area (Å²) in [5.74, 6) is 0.924. The number of halogens is 1. The lowest BCUT2D eigenvalue weighted by Crippen LogP contribution is -1.97. The number of hydrogen-bond donors (Lipinski definition) is 0. The number of nitrogens with zero attached hydrogens (tertiary/aromatic N) is 3. The Morgan fingerprint density at radius 2 is 1.14 bits per heavy atom. The highest BCUT2D eigenvalue weighted by Crippen LogP contribution is 2.34. The van der Waals surface area contributed by atoms with Gasteiger partial charge in [-0.3, -0.25) is 8.97 Å². The van der Waals surface area contributed by atoms with E-state index in [1.54, 1.807) is 0 Å². The Hall–Kier alpha value is -3.90. The number of para-hydroxylation sites is 2. The molecule has 7 rings (SSSR count). The molecule has 0 bridgehead atoms. The molecule has 7 aromatic rings. The molecule has 2 aromatic heterocycles. The topological polar surface area (TPSA) is 22.2 Å². The first-order chi connectivity index (χ1) is 17.3. The third kappa shape index (κ3) is 3.36. The zero-order valence-electron chi connectivity index (χ0n) is 18.8. The lowest BCUT2D eigenvalue weighted by atomic mass is 9.98. The molecular weight excluding hydrogens is 541 g/mol. The highest BCUT2D eigenvalue weighted by atomic mass is 127. The van der Waals surface area contributed by atoms with Gasteiger partial charge in [0.25, 0.3) is 0 Å². The lowest BCUT2D eigenvalue weighted by Gasteiger charge is -2.13. The van der Waals surface area contributed by atoms with Gasteiger partial charge in [0.05, 0.1) is 27.8 Å². The Bertz CT molecular complexity index is 1790. The zero-order chi connectivity index (χ0) is 23.4. The smallest absolute Gasteiger partial charge is 0.220 e. The zero-order valence-corrected chi connectivity index (χ0v) is 20.9. The minimum Gasteiger partial charge on any atom is -0.278 e. The molecule has 0 spiro atoms. The minimum absolute atomic E-state index is 0.924. The normalized spacial score (nSPS) is 11.6. The van der Waals surface area contributed by atoms with Crippen molar-refractivity contribution >= 4 is 50.4 Å². The minimum atomic E-state index is 0.924. The number of rotatable bonds is 3. The predicted molar refractivity (Wildman–Crippen MR) is 153 cm³/mol. The maximum atomic E-state index is 5.09. The van der Waals surface area contributed by atoms with Gasteiger partial charge in [0, 0.05) is 3.57 Å². The number of benzene rings is 5. The summed E-state index contributed by atoms with van der Waals surface area (Å²) in [6, 6.07) is 43.0. The highest BCUT2D eigenvalue weighted by Gasteiger charge is 2.18. The SMILES string of the molecule is Ic1ccc2c(c1)n1c3ccccc3nc1n2-c1cc(-c2ccccc2)cc(-c2ccccc2)c1. The average molecular weight is 561 g/mol. The summed E-state index contributed by atoms with van der Waals surface area (Å²) >= 11 is 2.39. The van der Waals surface area contributed by atoms with E-state index in [-0.39, 0.29) is 0 Å². The van der Waals surface area contributed by atoms with E-state index in [0.717, 1.165) is 33.5 Å². The van der Waals surface area contributed by atoms with Crippen molar-refractivity contribution in [2.45, 2.75) is 0 Å². The first-order valence-corrected chi connectivity index (χ1v) is 12.7. The summed E-state index contributed by atoms with van der Waals surface area (Å²) in [7, 11) is 0. The standard InChI is InChI=1S/C31H20IN3/c32-25-15-16-29-30(20-25)35-28-14-8-7-13-27(28)33-31(35)34(29)26-18-23(21-9-3-1-4-10-21)17-24(19-26)22-11-5-2-6-12-22/h1-20H. The molecule has 0 aliphatic heterocycles. The Labute approximate surface area is 216 Å². The Kier molecular flexibility index (Phi) is 4.74. The van der Waals surface area contributed by atoms with Crippen LogP contribution >= 0.6 is 22.6 Å². The number of aromatic nitrogens is 3. The van der Waals surface area contributed by atoms with Crippen molar-refractivity contribution in [3.05, 3.63) is 125 Å². The van der Waals surface area contributed by atoms with Crippen LogP contribution in [0.1, 0.15) is 0 Å². The van der Waals surface area contributed by atoms with E-state index >= 15 is 0 Å². The molecule has 0 aliphatic rings. The van der Waals surface area contributed by atoms with Gasteiger partial charge < -0.3 is 0 Å². The summed E-state index contributed by atoms with van der Waals surface area (Å²) in [4.78, 5) is 5.09. The van der Waals surface area contributed by atoms with Crippen LogP contribution < -0.4 is 0 Å². The van der Waals surface area contributed by atoms with E-state index < -0.39 is 0 Å². The monoisotopic (exact) mass is 561 g/mol. The molecule has 0 atom stereocenters. The molecular formula is C31H20IN3. The third-order valence-electron chi connectivity index (χ3n) is 6.55. The van der Waals surface area contributed by atoms with Gasteiger partial charge in [-0.1, -0.05) is 72.8 Å². The van der Waals surface area contributed by atoms with Crippen molar-refractivity contribution in [1.29, 1.82) is 0 Å². The van der Waals surface area contributed by atoms with E-state index in [9.17, 15) is 0 Å². The lowest BCUT2D eigenvalue weighted by molar-refractivity contribution is 1.11. The molecule has 0 radical (unpaired) electrons. The first kappa shape index (κ1) is 20.5. The van der Waals surface area contributed by atoms with Crippen molar-refractivity contribution in [2.24, 2.45) is 0 Å². The van der Waals surface area contributed by atoms with Crippen molar-refractivity contribution < 1.29 is 0 Å². The largest absolute Gasteiger partial charge is 0.278 e. The van der Waals surface area contributed by atoms with Gasteiger partial charge in [-0.25, -0.2) is 4.98 Å². The molecule has 3 nitrogen and oxygen atoms in total. The van der Waals surface area contributed by atoms with Crippen molar-refractivity contribution in [3.8, 4) is 27.9 Å². The second-order valence-corrected chi connectivity index (χ2v) is 9.95. The van der Waals surface area contributed by atoms with Crippen LogP contribution in [0.2, 0.25) is 0 Å². The average Bonchev–Trinajstić information content (AvgIpc) is 3.44. The fourth-order valence-corrected chi connectivity index (χ4v) is 5.44. The molecule has 0 unspecified atom stereocenters. The van der Waals surface area contributed by atoms with E-state index in [0.29, 0.717) is 0 Å². The molecule has 4 heteroatoms. The fraction of sp³-hybridized carbons (Fsp3) is 0. The second-order valence-electron chi connectivity index (χ2n) is 8.70. The van der Waals surface area contributed by atoms with Crippen LogP contribution in [-0.4, -0.2) is 14.0 Å². The number of fused-ring (bicyclic) bond motifs is 5. The number of imidazole rings is 2. The summed E-state index contributed by atoms with van der Waals surface area (Å²) in [5, 5.41) is 0. The quantitative estimate of drug-likeness (QED) is 0.199. The van der Waals surface area contributed by atoms with Gasteiger partial charge in [-0.2, -0.15) is 0 Å². The molecule has 166 valence electrons. The van der Waals surface area contributed by atoms with E-state index in [1.807, 2.05) is 0 Å². The van der Waals surface area contributed by atoms with Crippen LogP contribution in [0.3, 0.4) is 0 Å². The molecule has 0 amide bonds. The molecule has 2 heterocycles. The summed E-state index contributed by atoms with van der Waals surface area (Å²) in [5.41, 5.74) is 10.3. The van der Waals surface area contributed by atoms with Gasteiger partial charge in [0.15, 0.2) is 0 Å². The van der Waals surface area contributed by atoms with Crippen molar-refractivity contribution in [3.63, 3.8) is 0 Å². The molecule has 0 N–H and O–H groups in total. The highest BCUT2D eigenvalue weighted by molar-refractivity contribution is 14.1. The summed E-state index contributed by atoms with van der Waals surface area (Å²) in [6.45, 7) is 0. The van der Waals surface area contributed by atoms with Crippen LogP contribution in [0.4, 0.5) is 0 Å². The van der Waals surface area contributed by atoms with Gasteiger partial charge in [0.1, 0.15) is 0 Å². The Morgan fingerprint density at radius 1 is 0.514 bits per heavy atom. The second kappa shape index (κ2) is 8.10. The van der Waals surface area contributed by atoms with Crippen LogP contribution in [0, 0.1) is 3.57 Å². The summed E-state index contributed by atoms with van der Waals surface area (Å²) < 4.78 is 5.78. The predicted octanol–water partition coefficient (Wildman–Crippen LogP) is 8.37. The van der Waals surface area contributed by atoms with Gasteiger partial charge in [-0.15, -0.1) is 0 Å². The maximum Gasteiger partial charge on any atom is 0.220 e. The third-order valence-corrected chi connectivity index (χ3v) is 7.22. The van der Waals surface area contributed by atoms with Crippen LogP contribution in [0.5, 0.6) is 0 Å². The van der Waals surface area contributed by atoms with Crippen molar-refractivity contribution in [1.82, 2.24) is 14.0 Å². The molecule has 0 aliphatic carbocycles. The van der Waals surface area contributed by atoms with Gasteiger partial charge >= 0.3 is 0 Å².